The van der Waals surface area contributed by atoms with Crippen LogP contribution in [0.2, 0.25) is 0 Å². The largest absolute Gasteiger partial charge is 0.512 e. The van der Waals surface area contributed by atoms with Gasteiger partial charge in [0.15, 0.2) is 0 Å². The molecule has 0 aromatic carbocycles. The first-order valence-electron chi connectivity index (χ1n) is 5.16. The quantitative estimate of drug-likeness (QED) is 0.494. The lowest BCUT2D eigenvalue weighted by Gasteiger charge is -2.16. The van der Waals surface area contributed by atoms with Crippen LogP contribution in [0.25, 0.3) is 0 Å². The molecule has 0 unspecified atom stereocenters. The molecule has 0 fully saturated rings. The molecule has 0 spiro atoms. The van der Waals surface area contributed by atoms with Crippen molar-refractivity contribution in [3.63, 3.8) is 0 Å². The summed E-state index contributed by atoms with van der Waals surface area (Å²) in [5, 5.41) is 9.71. The van der Waals surface area contributed by atoms with Crippen LogP contribution in [0.5, 0.6) is 5.88 Å². The van der Waals surface area contributed by atoms with Gasteiger partial charge in [0.1, 0.15) is 17.8 Å². The van der Waals surface area contributed by atoms with Crippen LogP contribution in [0, 0.1) is 5.41 Å². The maximum absolute atomic E-state index is 11.8. The normalized spacial score (nSPS) is 12.4. The van der Waals surface area contributed by atoms with Gasteiger partial charge in [-0.3, -0.25) is 4.79 Å². The molecule has 0 atom stereocenters. The first-order valence-corrected chi connectivity index (χ1v) is 5.16. The van der Waals surface area contributed by atoms with Gasteiger partial charge >= 0.3 is 0 Å². The summed E-state index contributed by atoms with van der Waals surface area (Å²) in [5.41, 5.74) is -0.278. The van der Waals surface area contributed by atoms with E-state index < -0.39 is 5.41 Å². The van der Waals surface area contributed by atoms with E-state index in [-0.39, 0.29) is 17.2 Å². The second kappa shape index (κ2) is 4.95. The lowest BCUT2D eigenvalue weighted by Crippen LogP contribution is -2.11. The predicted octanol–water partition coefficient (Wildman–Crippen LogP) is 2.16. The monoisotopic (exact) mass is 236 g/mol. The predicted molar refractivity (Wildman–Crippen MR) is 63.1 cm³/mol. The second-order valence-corrected chi connectivity index (χ2v) is 4.59. The average molecular weight is 236 g/mol. The molecule has 1 heterocycles. The molecule has 1 N–H and O–H groups in total. The Bertz CT molecular complexity index is 447. The Morgan fingerprint density at radius 1 is 1.41 bits per heavy atom. The van der Waals surface area contributed by atoms with Crippen molar-refractivity contribution in [1.29, 1.82) is 0 Å². The van der Waals surface area contributed by atoms with Gasteiger partial charge in [-0.05, 0) is 0 Å². The highest BCUT2D eigenvalue weighted by molar-refractivity contribution is 6.03. The van der Waals surface area contributed by atoms with Crippen molar-refractivity contribution >= 4 is 5.78 Å². The van der Waals surface area contributed by atoms with E-state index >= 15 is 0 Å². The minimum absolute atomic E-state index is 0.0140. The highest BCUT2D eigenvalue weighted by Gasteiger charge is 2.18. The van der Waals surface area contributed by atoms with Crippen LogP contribution in [0.15, 0.2) is 24.2 Å². The van der Waals surface area contributed by atoms with E-state index in [1.165, 1.54) is 25.6 Å². The van der Waals surface area contributed by atoms with Crippen molar-refractivity contribution in [2.24, 2.45) is 5.41 Å². The van der Waals surface area contributed by atoms with Crippen LogP contribution in [0.4, 0.5) is 0 Å². The Labute approximate surface area is 100 Å². The van der Waals surface area contributed by atoms with Crippen molar-refractivity contribution in [3.05, 3.63) is 29.9 Å². The number of rotatable bonds is 3. The van der Waals surface area contributed by atoms with Crippen LogP contribution in [-0.4, -0.2) is 28.0 Å². The van der Waals surface area contributed by atoms with E-state index in [9.17, 15) is 9.90 Å². The van der Waals surface area contributed by atoms with Gasteiger partial charge in [0.05, 0.1) is 7.11 Å². The van der Waals surface area contributed by atoms with Gasteiger partial charge in [0, 0.05) is 17.6 Å². The fourth-order valence-electron chi connectivity index (χ4n) is 1.00. The summed E-state index contributed by atoms with van der Waals surface area (Å²) in [5.74, 6) is -0.0507. The third-order valence-electron chi connectivity index (χ3n) is 2.14. The number of aliphatic hydroxyl groups excluding tert-OH is 1. The second-order valence-electron chi connectivity index (χ2n) is 4.59. The molecule has 0 aliphatic heterocycles. The van der Waals surface area contributed by atoms with Gasteiger partial charge < -0.3 is 9.84 Å². The Morgan fingerprint density at radius 2 is 2.06 bits per heavy atom. The molecular weight excluding hydrogens is 220 g/mol. The van der Waals surface area contributed by atoms with Gasteiger partial charge in [0.25, 0.3) is 0 Å². The summed E-state index contributed by atoms with van der Waals surface area (Å²) in [6.45, 7) is 5.44. The summed E-state index contributed by atoms with van der Waals surface area (Å²) in [4.78, 5) is 19.4. The third kappa shape index (κ3) is 3.55. The minimum Gasteiger partial charge on any atom is -0.512 e. The van der Waals surface area contributed by atoms with Gasteiger partial charge in [-0.15, -0.1) is 0 Å². The van der Waals surface area contributed by atoms with Crippen LogP contribution in [-0.2, 0) is 0 Å². The molecule has 5 nitrogen and oxygen atoms in total. The topological polar surface area (TPSA) is 72.3 Å². The highest BCUT2D eigenvalue weighted by atomic mass is 16.5. The standard InChI is InChI=1S/C12H16N2O3/c1-12(2,3)10(16)6-9(15)8-5-11(17-4)14-7-13-8/h5-7,16H,1-4H3/b10-6-. The molecule has 0 aliphatic carbocycles. The highest BCUT2D eigenvalue weighted by Crippen LogP contribution is 2.22. The summed E-state index contributed by atoms with van der Waals surface area (Å²) in [6.07, 6.45) is 2.41. The first-order chi connectivity index (χ1) is 7.84. The van der Waals surface area contributed by atoms with Crippen molar-refractivity contribution in [3.8, 4) is 5.88 Å². The van der Waals surface area contributed by atoms with E-state index in [4.69, 9.17) is 4.74 Å². The molecule has 0 amide bonds. The van der Waals surface area contributed by atoms with Crippen molar-refractivity contribution in [1.82, 2.24) is 9.97 Å². The van der Waals surface area contributed by atoms with E-state index in [0.717, 1.165) is 0 Å². The number of hydrogen-bond donors (Lipinski definition) is 1. The van der Waals surface area contributed by atoms with Crippen LogP contribution < -0.4 is 4.74 Å². The van der Waals surface area contributed by atoms with Gasteiger partial charge in [-0.2, -0.15) is 0 Å². The van der Waals surface area contributed by atoms with Crippen molar-refractivity contribution in [2.75, 3.05) is 7.11 Å². The first kappa shape index (κ1) is 13.2. The summed E-state index contributed by atoms with van der Waals surface area (Å²) < 4.78 is 4.89. The number of ether oxygens (including phenoxy) is 1. The number of aliphatic hydroxyl groups is 1. The zero-order chi connectivity index (χ0) is 13.1. The van der Waals surface area contributed by atoms with Crippen LogP contribution in [0.1, 0.15) is 31.3 Å². The number of nitrogens with zero attached hydrogens (tertiary/aromatic N) is 2. The molecule has 17 heavy (non-hydrogen) atoms. The third-order valence-corrected chi connectivity index (χ3v) is 2.14. The number of carbonyl (C=O) groups excluding carboxylic acids is 1. The molecule has 1 aromatic rings. The number of ketones is 1. The fraction of sp³-hybridized carbons (Fsp3) is 0.417. The number of methoxy groups -OCH3 is 1. The molecule has 5 heteroatoms. The lowest BCUT2D eigenvalue weighted by molar-refractivity contribution is 0.103. The van der Waals surface area contributed by atoms with Crippen molar-refractivity contribution < 1.29 is 14.6 Å². The van der Waals surface area contributed by atoms with Gasteiger partial charge in [-0.25, -0.2) is 9.97 Å². The molecule has 1 aromatic heterocycles. The molecule has 1 rings (SSSR count). The number of hydrogen-bond acceptors (Lipinski definition) is 5. The van der Waals surface area contributed by atoms with Crippen molar-refractivity contribution in [2.45, 2.75) is 20.8 Å². The Kier molecular flexibility index (Phi) is 3.83. The fourth-order valence-corrected chi connectivity index (χ4v) is 1.00. The van der Waals surface area contributed by atoms with E-state index in [1.807, 2.05) is 20.8 Å². The zero-order valence-corrected chi connectivity index (χ0v) is 10.4. The smallest absolute Gasteiger partial charge is 0.216 e. The molecular formula is C12H16N2O3. The number of allylic oxidation sites excluding steroid dienone is 2. The maximum Gasteiger partial charge on any atom is 0.216 e. The van der Waals surface area contributed by atoms with Gasteiger partial charge in [0.2, 0.25) is 11.7 Å². The lowest BCUT2D eigenvalue weighted by atomic mass is 9.93. The van der Waals surface area contributed by atoms with Crippen LogP contribution in [0.3, 0.4) is 0 Å². The maximum atomic E-state index is 11.8. The Balaban J connectivity index is 2.98. The minimum atomic E-state index is -0.465. The summed E-state index contributed by atoms with van der Waals surface area (Å²) >= 11 is 0. The number of carbonyl (C=O) groups is 1. The SMILES string of the molecule is COc1cc(C(=O)/C=C(\O)C(C)(C)C)ncn1. The molecule has 0 radical (unpaired) electrons. The summed E-state index contributed by atoms with van der Waals surface area (Å²) in [6, 6.07) is 1.43. The van der Waals surface area contributed by atoms with E-state index in [2.05, 4.69) is 9.97 Å². The zero-order valence-electron chi connectivity index (χ0n) is 10.4. The van der Waals surface area contributed by atoms with Gasteiger partial charge in [-0.1, -0.05) is 20.8 Å². The molecule has 0 aliphatic rings. The molecule has 0 bridgehead atoms. The average Bonchev–Trinajstić information content (AvgIpc) is 2.27. The summed E-state index contributed by atoms with van der Waals surface area (Å²) in [7, 11) is 1.46. The van der Waals surface area contributed by atoms with E-state index in [1.54, 1.807) is 0 Å². The Morgan fingerprint density at radius 3 is 2.59 bits per heavy atom. The number of aromatic nitrogens is 2. The molecule has 0 saturated heterocycles. The Hall–Kier alpha value is -1.91. The van der Waals surface area contributed by atoms with Crippen LogP contribution >= 0.6 is 0 Å². The molecule has 0 saturated carbocycles. The van der Waals surface area contributed by atoms with E-state index in [0.29, 0.717) is 5.88 Å². The molecule has 92 valence electrons.